The summed E-state index contributed by atoms with van der Waals surface area (Å²) in [4.78, 5) is 25.2. The summed E-state index contributed by atoms with van der Waals surface area (Å²) in [6.07, 6.45) is 1.93. The first-order valence-corrected chi connectivity index (χ1v) is 10.5. The van der Waals surface area contributed by atoms with Gasteiger partial charge in [0.2, 0.25) is 0 Å². The monoisotopic (exact) mass is 455 g/mol. The fourth-order valence-corrected chi connectivity index (χ4v) is 4.06. The van der Waals surface area contributed by atoms with E-state index in [1.807, 2.05) is 37.4 Å². The molecule has 5 rings (SSSR count). The largest absolute Gasteiger partial charge is 0.492 e. The molecule has 1 fully saturated rings. The number of amides is 1. The SMILES string of the molecule is Cc1ncc2c(N3CCN(CCOc4ccc5c(c4)NC(=O)CO5)CC3)cccc2n1.Cl. The quantitative estimate of drug-likeness (QED) is 0.633. The van der Waals surface area contributed by atoms with Gasteiger partial charge < -0.3 is 19.7 Å². The number of rotatable bonds is 5. The molecule has 0 saturated carbocycles. The highest BCUT2D eigenvalue weighted by Gasteiger charge is 2.20. The lowest BCUT2D eigenvalue weighted by molar-refractivity contribution is -0.118. The summed E-state index contributed by atoms with van der Waals surface area (Å²) < 4.78 is 11.3. The average molecular weight is 456 g/mol. The Morgan fingerprint density at radius 2 is 2.00 bits per heavy atom. The zero-order chi connectivity index (χ0) is 21.2. The summed E-state index contributed by atoms with van der Waals surface area (Å²) in [5, 5.41) is 3.91. The maximum atomic E-state index is 11.5. The molecule has 168 valence electrons. The first kappa shape index (κ1) is 22.1. The Balaban J connectivity index is 0.00000245. The van der Waals surface area contributed by atoms with Crippen LogP contribution in [0.1, 0.15) is 5.82 Å². The molecule has 0 bridgehead atoms. The molecular weight excluding hydrogens is 430 g/mol. The molecule has 3 aromatic rings. The summed E-state index contributed by atoms with van der Waals surface area (Å²) in [6, 6.07) is 11.8. The minimum atomic E-state index is -0.143. The number of anilines is 2. The third-order valence-corrected chi connectivity index (χ3v) is 5.70. The Kier molecular flexibility index (Phi) is 6.62. The van der Waals surface area contributed by atoms with Crippen molar-refractivity contribution in [3.63, 3.8) is 0 Å². The third-order valence-electron chi connectivity index (χ3n) is 5.70. The summed E-state index contributed by atoms with van der Waals surface area (Å²) in [6.45, 7) is 7.28. The predicted molar refractivity (Wildman–Crippen MR) is 126 cm³/mol. The first-order chi connectivity index (χ1) is 15.2. The van der Waals surface area contributed by atoms with Gasteiger partial charge in [-0.1, -0.05) is 6.07 Å². The molecule has 0 spiro atoms. The van der Waals surface area contributed by atoms with Crippen molar-refractivity contribution in [2.45, 2.75) is 6.92 Å². The van der Waals surface area contributed by atoms with Gasteiger partial charge in [0.1, 0.15) is 23.9 Å². The summed E-state index contributed by atoms with van der Waals surface area (Å²) in [5.41, 5.74) is 2.86. The Hall–Kier alpha value is -3.10. The van der Waals surface area contributed by atoms with Crippen molar-refractivity contribution >= 4 is 40.6 Å². The minimum Gasteiger partial charge on any atom is -0.492 e. The van der Waals surface area contributed by atoms with Crippen LogP contribution in [0.15, 0.2) is 42.6 Å². The maximum absolute atomic E-state index is 11.5. The summed E-state index contributed by atoms with van der Waals surface area (Å²) >= 11 is 0. The standard InChI is InChI=1S/C23H25N5O3.ClH/c1-16-24-14-18-19(25-16)3-2-4-21(18)28-9-7-27(8-10-28)11-12-30-17-5-6-22-20(13-17)26-23(29)15-31-22;/h2-6,13-14H,7-12,15H2,1H3,(H,26,29);1H. The lowest BCUT2D eigenvalue weighted by atomic mass is 10.1. The number of benzene rings is 2. The van der Waals surface area contributed by atoms with E-state index in [0.29, 0.717) is 18.0 Å². The van der Waals surface area contributed by atoms with Crippen LogP contribution in [0, 0.1) is 6.92 Å². The van der Waals surface area contributed by atoms with Gasteiger partial charge in [0.05, 0.1) is 11.2 Å². The zero-order valence-electron chi connectivity index (χ0n) is 17.9. The molecule has 2 aromatic carbocycles. The van der Waals surface area contributed by atoms with E-state index in [0.717, 1.165) is 55.2 Å². The summed E-state index contributed by atoms with van der Waals surface area (Å²) in [7, 11) is 0. The van der Waals surface area contributed by atoms with Gasteiger partial charge in [0.15, 0.2) is 6.61 Å². The van der Waals surface area contributed by atoms with Crippen LogP contribution in [0.25, 0.3) is 10.9 Å². The van der Waals surface area contributed by atoms with Crippen molar-refractivity contribution in [3.8, 4) is 11.5 Å². The van der Waals surface area contributed by atoms with E-state index in [1.54, 1.807) is 0 Å². The number of carbonyl (C=O) groups excluding carboxylic acids is 1. The van der Waals surface area contributed by atoms with Crippen LogP contribution in [0.3, 0.4) is 0 Å². The highest BCUT2D eigenvalue weighted by Crippen LogP contribution is 2.31. The molecule has 9 heteroatoms. The Morgan fingerprint density at radius 1 is 1.16 bits per heavy atom. The van der Waals surface area contributed by atoms with Gasteiger partial charge in [-0.25, -0.2) is 9.97 Å². The Morgan fingerprint density at radius 3 is 2.84 bits per heavy atom. The average Bonchev–Trinajstić information content (AvgIpc) is 2.79. The van der Waals surface area contributed by atoms with Gasteiger partial charge in [0, 0.05) is 56.1 Å². The number of nitrogens with zero attached hydrogens (tertiary/aromatic N) is 4. The van der Waals surface area contributed by atoms with Crippen LogP contribution in [0.2, 0.25) is 0 Å². The number of aromatic nitrogens is 2. The molecule has 1 saturated heterocycles. The van der Waals surface area contributed by atoms with Crippen molar-refractivity contribution in [1.82, 2.24) is 14.9 Å². The predicted octanol–water partition coefficient (Wildman–Crippen LogP) is 2.89. The smallest absolute Gasteiger partial charge is 0.262 e. The summed E-state index contributed by atoms with van der Waals surface area (Å²) in [5.74, 6) is 2.06. The number of carbonyl (C=O) groups is 1. The van der Waals surface area contributed by atoms with E-state index in [-0.39, 0.29) is 24.9 Å². The molecule has 8 nitrogen and oxygen atoms in total. The number of hydrogen-bond donors (Lipinski definition) is 1. The van der Waals surface area contributed by atoms with Gasteiger partial charge in [-0.2, -0.15) is 0 Å². The van der Waals surface area contributed by atoms with Crippen molar-refractivity contribution in [3.05, 3.63) is 48.4 Å². The highest BCUT2D eigenvalue weighted by molar-refractivity contribution is 5.95. The number of piperazine rings is 1. The van der Waals surface area contributed by atoms with Gasteiger partial charge in [-0.3, -0.25) is 9.69 Å². The number of ether oxygens (including phenoxy) is 2. The number of nitrogens with one attached hydrogen (secondary N) is 1. The topological polar surface area (TPSA) is 79.8 Å². The Bertz CT molecular complexity index is 1120. The molecule has 0 atom stereocenters. The molecule has 0 aliphatic carbocycles. The first-order valence-electron chi connectivity index (χ1n) is 10.5. The minimum absolute atomic E-state index is 0. The van der Waals surface area contributed by atoms with E-state index in [4.69, 9.17) is 9.47 Å². The second-order valence-electron chi connectivity index (χ2n) is 7.80. The van der Waals surface area contributed by atoms with Crippen LogP contribution in [0.5, 0.6) is 11.5 Å². The second-order valence-corrected chi connectivity index (χ2v) is 7.80. The van der Waals surface area contributed by atoms with Crippen LogP contribution in [-0.4, -0.2) is 66.7 Å². The molecule has 0 radical (unpaired) electrons. The van der Waals surface area contributed by atoms with E-state index in [1.165, 1.54) is 5.69 Å². The van der Waals surface area contributed by atoms with Crippen molar-refractivity contribution < 1.29 is 14.3 Å². The van der Waals surface area contributed by atoms with E-state index >= 15 is 0 Å². The molecule has 32 heavy (non-hydrogen) atoms. The van der Waals surface area contributed by atoms with E-state index in [9.17, 15) is 4.79 Å². The zero-order valence-corrected chi connectivity index (χ0v) is 18.7. The van der Waals surface area contributed by atoms with Gasteiger partial charge in [-0.05, 0) is 31.2 Å². The number of aryl methyl sites for hydroxylation is 1. The Labute approximate surface area is 192 Å². The molecule has 1 N–H and O–H groups in total. The molecule has 1 amide bonds. The van der Waals surface area contributed by atoms with E-state index < -0.39 is 0 Å². The van der Waals surface area contributed by atoms with Crippen molar-refractivity contribution in [2.75, 3.05) is 56.2 Å². The fourth-order valence-electron chi connectivity index (χ4n) is 4.06. The van der Waals surface area contributed by atoms with E-state index in [2.05, 4.69) is 37.2 Å². The highest BCUT2D eigenvalue weighted by atomic mass is 35.5. The fraction of sp³-hybridized carbons (Fsp3) is 0.348. The van der Waals surface area contributed by atoms with Gasteiger partial charge in [-0.15, -0.1) is 12.4 Å². The van der Waals surface area contributed by atoms with Crippen LogP contribution < -0.4 is 19.7 Å². The number of hydrogen-bond acceptors (Lipinski definition) is 7. The maximum Gasteiger partial charge on any atom is 0.262 e. The van der Waals surface area contributed by atoms with Crippen molar-refractivity contribution in [2.24, 2.45) is 0 Å². The van der Waals surface area contributed by atoms with Gasteiger partial charge >= 0.3 is 0 Å². The molecular formula is C23H26ClN5O3. The molecule has 2 aliphatic rings. The molecule has 2 aliphatic heterocycles. The normalized spacial score (nSPS) is 16.0. The third kappa shape index (κ3) is 4.71. The number of halogens is 1. The van der Waals surface area contributed by atoms with Crippen LogP contribution in [0.4, 0.5) is 11.4 Å². The molecule has 0 unspecified atom stereocenters. The van der Waals surface area contributed by atoms with Crippen LogP contribution in [-0.2, 0) is 4.79 Å². The van der Waals surface area contributed by atoms with Crippen molar-refractivity contribution in [1.29, 1.82) is 0 Å². The lowest BCUT2D eigenvalue weighted by Gasteiger charge is -2.36. The van der Waals surface area contributed by atoms with Gasteiger partial charge in [0.25, 0.3) is 5.91 Å². The number of fused-ring (bicyclic) bond motifs is 2. The van der Waals surface area contributed by atoms with Crippen LogP contribution >= 0.6 is 12.4 Å². The molecule has 3 heterocycles. The lowest BCUT2D eigenvalue weighted by Crippen LogP contribution is -2.47. The molecule has 1 aromatic heterocycles. The second kappa shape index (κ2) is 9.58.